The first-order valence-corrected chi connectivity index (χ1v) is 7.33. The van der Waals surface area contributed by atoms with E-state index < -0.39 is 0 Å². The number of carbonyl (C=O) groups is 1. The molecule has 22 heavy (non-hydrogen) atoms. The monoisotopic (exact) mass is 298 g/mol. The van der Waals surface area contributed by atoms with Gasteiger partial charge in [-0.25, -0.2) is 4.39 Å². The van der Waals surface area contributed by atoms with Crippen LogP contribution >= 0.6 is 0 Å². The molecule has 0 radical (unpaired) electrons. The molecular formula is C17H15FN2O2. The lowest BCUT2D eigenvalue weighted by atomic mass is 10.2. The molecule has 112 valence electrons. The molecular weight excluding hydrogens is 283 g/mol. The van der Waals surface area contributed by atoms with Crippen molar-refractivity contribution in [3.63, 3.8) is 0 Å². The van der Waals surface area contributed by atoms with E-state index in [0.29, 0.717) is 17.8 Å². The highest BCUT2D eigenvalue weighted by Gasteiger charge is 2.26. The normalized spacial score (nSPS) is 14.4. The van der Waals surface area contributed by atoms with Gasteiger partial charge in [0.1, 0.15) is 11.5 Å². The predicted molar refractivity (Wildman–Crippen MR) is 80.2 cm³/mol. The standard InChI is InChI=1S/C17H15FN2O2/c18-12-3-1-2-11(8-12)10-20-14-6-7-22-16(14)9-15(20)17(21)19-13-4-5-13/h1-3,6-9,13H,4-5,10H2,(H,19,21). The van der Waals surface area contributed by atoms with Crippen LogP contribution in [0.15, 0.2) is 47.1 Å². The van der Waals surface area contributed by atoms with Crippen LogP contribution in [0.2, 0.25) is 0 Å². The fourth-order valence-electron chi connectivity index (χ4n) is 2.64. The first kappa shape index (κ1) is 13.1. The minimum atomic E-state index is -0.280. The van der Waals surface area contributed by atoms with Gasteiger partial charge in [-0.3, -0.25) is 4.79 Å². The molecule has 1 fully saturated rings. The number of rotatable bonds is 4. The molecule has 0 unspecified atom stereocenters. The minimum absolute atomic E-state index is 0.106. The summed E-state index contributed by atoms with van der Waals surface area (Å²) < 4.78 is 20.6. The number of halogens is 1. The van der Waals surface area contributed by atoms with E-state index in [1.165, 1.54) is 12.1 Å². The van der Waals surface area contributed by atoms with Crippen LogP contribution in [0.3, 0.4) is 0 Å². The first-order valence-electron chi connectivity index (χ1n) is 7.33. The van der Waals surface area contributed by atoms with Gasteiger partial charge < -0.3 is 14.3 Å². The molecule has 0 atom stereocenters. The average molecular weight is 298 g/mol. The number of hydrogen-bond donors (Lipinski definition) is 1. The zero-order valence-corrected chi connectivity index (χ0v) is 11.9. The summed E-state index contributed by atoms with van der Waals surface area (Å²) in [6, 6.07) is 10.3. The quantitative estimate of drug-likeness (QED) is 0.803. The van der Waals surface area contributed by atoms with E-state index >= 15 is 0 Å². The number of fused-ring (bicyclic) bond motifs is 1. The second kappa shape index (κ2) is 5.02. The van der Waals surface area contributed by atoms with Crippen molar-refractivity contribution in [3.8, 4) is 0 Å². The topological polar surface area (TPSA) is 47.2 Å². The number of benzene rings is 1. The molecule has 0 aliphatic heterocycles. The van der Waals surface area contributed by atoms with Crippen LogP contribution in [0.4, 0.5) is 4.39 Å². The van der Waals surface area contributed by atoms with E-state index in [1.807, 2.05) is 16.7 Å². The highest BCUT2D eigenvalue weighted by atomic mass is 19.1. The predicted octanol–water partition coefficient (Wildman–Crippen LogP) is 3.31. The Kier molecular flexibility index (Phi) is 2.99. The molecule has 1 aliphatic carbocycles. The minimum Gasteiger partial charge on any atom is -0.463 e. The fraction of sp³-hybridized carbons (Fsp3) is 0.235. The van der Waals surface area contributed by atoms with Gasteiger partial charge >= 0.3 is 0 Å². The van der Waals surface area contributed by atoms with Crippen molar-refractivity contribution in [2.24, 2.45) is 0 Å². The van der Waals surface area contributed by atoms with E-state index in [2.05, 4.69) is 5.32 Å². The summed E-state index contributed by atoms with van der Waals surface area (Å²) in [5.41, 5.74) is 2.85. The maximum atomic E-state index is 13.4. The maximum absolute atomic E-state index is 13.4. The molecule has 3 aromatic rings. The van der Waals surface area contributed by atoms with Crippen LogP contribution in [0, 0.1) is 5.82 Å². The Bertz CT molecular complexity index is 845. The summed E-state index contributed by atoms with van der Waals surface area (Å²) in [6.07, 6.45) is 3.66. The summed E-state index contributed by atoms with van der Waals surface area (Å²) in [6.45, 7) is 0.425. The van der Waals surface area contributed by atoms with Gasteiger partial charge in [0, 0.05) is 24.7 Å². The summed E-state index contributed by atoms with van der Waals surface area (Å²) in [4.78, 5) is 12.4. The lowest BCUT2D eigenvalue weighted by molar-refractivity contribution is 0.0942. The Morgan fingerprint density at radius 3 is 2.95 bits per heavy atom. The number of nitrogens with zero attached hydrogens (tertiary/aromatic N) is 1. The number of hydrogen-bond acceptors (Lipinski definition) is 2. The smallest absolute Gasteiger partial charge is 0.268 e. The fourth-order valence-corrected chi connectivity index (χ4v) is 2.64. The summed E-state index contributed by atoms with van der Waals surface area (Å²) in [5, 5.41) is 2.98. The molecule has 0 spiro atoms. The van der Waals surface area contributed by atoms with Gasteiger partial charge in [0.2, 0.25) is 0 Å². The lowest BCUT2D eigenvalue weighted by Crippen LogP contribution is -2.27. The third-order valence-corrected chi connectivity index (χ3v) is 3.90. The zero-order chi connectivity index (χ0) is 15.1. The Morgan fingerprint density at radius 2 is 2.18 bits per heavy atom. The van der Waals surface area contributed by atoms with Gasteiger partial charge in [0.05, 0.1) is 11.8 Å². The van der Waals surface area contributed by atoms with Crippen LogP contribution in [-0.2, 0) is 6.54 Å². The molecule has 4 nitrogen and oxygen atoms in total. The largest absolute Gasteiger partial charge is 0.463 e. The molecule has 2 heterocycles. The van der Waals surface area contributed by atoms with Gasteiger partial charge in [-0.15, -0.1) is 0 Å². The van der Waals surface area contributed by atoms with E-state index in [1.54, 1.807) is 18.4 Å². The van der Waals surface area contributed by atoms with Crippen LogP contribution in [-0.4, -0.2) is 16.5 Å². The van der Waals surface area contributed by atoms with E-state index in [4.69, 9.17) is 4.42 Å². The highest BCUT2D eigenvalue weighted by molar-refractivity contribution is 5.97. The van der Waals surface area contributed by atoms with Crippen molar-refractivity contribution >= 4 is 17.0 Å². The summed E-state index contributed by atoms with van der Waals surface area (Å²) in [5.74, 6) is -0.387. The SMILES string of the molecule is O=C(NC1CC1)c1cc2occc2n1Cc1cccc(F)c1. The first-order chi connectivity index (χ1) is 10.7. The molecule has 0 bridgehead atoms. The van der Waals surface area contributed by atoms with Crippen LogP contribution < -0.4 is 5.32 Å². The van der Waals surface area contributed by atoms with Crippen molar-refractivity contribution in [2.75, 3.05) is 0 Å². The van der Waals surface area contributed by atoms with Gasteiger partial charge in [-0.1, -0.05) is 12.1 Å². The number of carbonyl (C=O) groups excluding carboxylic acids is 1. The molecule has 0 saturated heterocycles. The highest BCUT2D eigenvalue weighted by Crippen LogP contribution is 2.24. The number of furan rings is 1. The molecule has 1 aromatic carbocycles. The van der Waals surface area contributed by atoms with E-state index in [0.717, 1.165) is 23.9 Å². The number of nitrogens with one attached hydrogen (secondary N) is 1. The maximum Gasteiger partial charge on any atom is 0.268 e. The van der Waals surface area contributed by atoms with Gasteiger partial charge in [0.25, 0.3) is 5.91 Å². The van der Waals surface area contributed by atoms with E-state index in [9.17, 15) is 9.18 Å². The summed E-state index contributed by atoms with van der Waals surface area (Å²) >= 11 is 0. The second-order valence-corrected chi connectivity index (χ2v) is 5.66. The van der Waals surface area contributed by atoms with Crippen LogP contribution in [0.25, 0.3) is 11.1 Å². The summed E-state index contributed by atoms with van der Waals surface area (Å²) in [7, 11) is 0. The van der Waals surface area contributed by atoms with E-state index in [-0.39, 0.29) is 17.8 Å². The molecule has 1 saturated carbocycles. The van der Waals surface area contributed by atoms with Crippen molar-refractivity contribution in [1.82, 2.24) is 9.88 Å². The van der Waals surface area contributed by atoms with Gasteiger partial charge in [-0.2, -0.15) is 0 Å². The van der Waals surface area contributed by atoms with Gasteiger partial charge in [-0.05, 0) is 30.5 Å². The molecule has 5 heteroatoms. The third kappa shape index (κ3) is 2.39. The third-order valence-electron chi connectivity index (χ3n) is 3.90. The average Bonchev–Trinajstić information content (AvgIpc) is 3.07. The van der Waals surface area contributed by atoms with Gasteiger partial charge in [0.15, 0.2) is 5.58 Å². The lowest BCUT2D eigenvalue weighted by Gasteiger charge is -2.10. The van der Waals surface area contributed by atoms with Crippen molar-refractivity contribution in [3.05, 3.63) is 59.7 Å². The molecule has 1 N–H and O–H groups in total. The number of amides is 1. The Labute approximate surface area is 126 Å². The van der Waals surface area contributed by atoms with Crippen LogP contribution in [0.5, 0.6) is 0 Å². The Morgan fingerprint density at radius 1 is 1.32 bits per heavy atom. The molecule has 4 rings (SSSR count). The van der Waals surface area contributed by atoms with Crippen molar-refractivity contribution < 1.29 is 13.6 Å². The van der Waals surface area contributed by atoms with Crippen molar-refractivity contribution in [2.45, 2.75) is 25.4 Å². The Balaban J connectivity index is 1.73. The Hall–Kier alpha value is -2.56. The van der Waals surface area contributed by atoms with Crippen LogP contribution in [0.1, 0.15) is 28.9 Å². The van der Waals surface area contributed by atoms with Crippen molar-refractivity contribution in [1.29, 1.82) is 0 Å². The number of aromatic nitrogens is 1. The molecule has 1 amide bonds. The molecule has 2 aromatic heterocycles. The zero-order valence-electron chi connectivity index (χ0n) is 11.9. The molecule has 1 aliphatic rings. The second-order valence-electron chi connectivity index (χ2n) is 5.66.